The number of unbranched alkanes of at least 4 members (excludes halogenated alkanes) is 6. The third-order valence-corrected chi connectivity index (χ3v) is 9.33. The minimum absolute atomic E-state index is 0.135. The van der Waals surface area contributed by atoms with Crippen molar-refractivity contribution in [1.82, 2.24) is 0 Å². The maximum atomic E-state index is 12.7. The van der Waals surface area contributed by atoms with Gasteiger partial charge >= 0.3 is 17.9 Å². The molecular weight excluding hydrogens is 781 g/mol. The summed E-state index contributed by atoms with van der Waals surface area (Å²) in [5.41, 5.74) is 0. The minimum Gasteiger partial charge on any atom is -0.462 e. The first kappa shape index (κ1) is 58.3. The molecule has 0 saturated carbocycles. The SMILES string of the molecule is CC/C=C\C/C=C\C/C=C\C/C=C\C/C=C\C/C=C\CCC(=O)OCC(COC(=O)CCCCC/C=C\C/C=C\C/C=C\CC)OC(=O)CCCCC/C=C\C/C=C\C/C=C\CC. The lowest BCUT2D eigenvalue weighted by molar-refractivity contribution is -0.166. The summed E-state index contributed by atoms with van der Waals surface area (Å²) in [6.07, 6.45) is 71.3. The first-order valence-electron chi connectivity index (χ1n) is 24.3. The van der Waals surface area contributed by atoms with Crippen molar-refractivity contribution in [2.75, 3.05) is 13.2 Å². The molecular formula is C57H86O6. The fraction of sp³-hybridized carbons (Fsp3) is 0.526. The molecule has 0 aromatic heterocycles. The Bertz CT molecular complexity index is 1460. The molecule has 0 saturated heterocycles. The van der Waals surface area contributed by atoms with Gasteiger partial charge in [-0.25, -0.2) is 0 Å². The molecule has 0 N–H and O–H groups in total. The Labute approximate surface area is 385 Å². The summed E-state index contributed by atoms with van der Waals surface area (Å²) in [7, 11) is 0. The lowest BCUT2D eigenvalue weighted by Gasteiger charge is -2.18. The zero-order chi connectivity index (χ0) is 45.8. The summed E-state index contributed by atoms with van der Waals surface area (Å²) in [5, 5.41) is 0. The Morgan fingerprint density at radius 3 is 0.952 bits per heavy atom. The highest BCUT2D eigenvalue weighted by atomic mass is 16.6. The second-order valence-corrected chi connectivity index (χ2v) is 15.2. The lowest BCUT2D eigenvalue weighted by atomic mass is 10.1. The number of hydrogen-bond acceptors (Lipinski definition) is 6. The van der Waals surface area contributed by atoms with Gasteiger partial charge in [-0.2, -0.15) is 0 Å². The first-order chi connectivity index (χ1) is 31.0. The van der Waals surface area contributed by atoms with Crippen LogP contribution in [0, 0.1) is 0 Å². The van der Waals surface area contributed by atoms with Gasteiger partial charge < -0.3 is 14.2 Å². The zero-order valence-corrected chi connectivity index (χ0v) is 39.8. The van der Waals surface area contributed by atoms with Gasteiger partial charge in [0.2, 0.25) is 0 Å². The number of carbonyl (C=O) groups excluding carboxylic acids is 3. The monoisotopic (exact) mass is 867 g/mol. The molecule has 0 fully saturated rings. The first-order valence-corrected chi connectivity index (χ1v) is 24.3. The molecule has 0 amide bonds. The maximum absolute atomic E-state index is 12.7. The number of esters is 3. The highest BCUT2D eigenvalue weighted by Crippen LogP contribution is 2.10. The zero-order valence-electron chi connectivity index (χ0n) is 39.8. The van der Waals surface area contributed by atoms with Crippen LogP contribution in [0.1, 0.15) is 175 Å². The van der Waals surface area contributed by atoms with Crippen molar-refractivity contribution in [3.63, 3.8) is 0 Å². The van der Waals surface area contributed by atoms with Gasteiger partial charge in [0, 0.05) is 19.3 Å². The van der Waals surface area contributed by atoms with Crippen molar-refractivity contribution >= 4 is 17.9 Å². The quantitative estimate of drug-likeness (QED) is 0.0264. The molecule has 1 atom stereocenters. The molecule has 0 heterocycles. The number of hydrogen-bond donors (Lipinski definition) is 0. The van der Waals surface area contributed by atoms with Crippen molar-refractivity contribution in [3.8, 4) is 0 Å². The van der Waals surface area contributed by atoms with Gasteiger partial charge in [-0.15, -0.1) is 0 Å². The normalized spacial score (nSPS) is 13.4. The van der Waals surface area contributed by atoms with Crippen molar-refractivity contribution in [1.29, 1.82) is 0 Å². The molecule has 0 aliphatic heterocycles. The molecule has 1 unspecified atom stereocenters. The summed E-state index contributed by atoms with van der Waals surface area (Å²) in [6, 6.07) is 0. The van der Waals surface area contributed by atoms with E-state index in [2.05, 4.69) is 154 Å². The molecule has 0 bridgehead atoms. The summed E-state index contributed by atoms with van der Waals surface area (Å²) in [5.74, 6) is -1.09. The minimum atomic E-state index is -0.841. The molecule has 63 heavy (non-hydrogen) atoms. The predicted octanol–water partition coefficient (Wildman–Crippen LogP) is 16.1. The van der Waals surface area contributed by atoms with E-state index in [0.29, 0.717) is 19.3 Å². The highest BCUT2D eigenvalue weighted by molar-refractivity contribution is 5.71. The summed E-state index contributed by atoms with van der Waals surface area (Å²) >= 11 is 0. The van der Waals surface area contributed by atoms with Crippen LogP contribution in [-0.2, 0) is 28.6 Å². The average molecular weight is 867 g/mol. The Balaban J connectivity index is 4.61. The van der Waals surface area contributed by atoms with Crippen molar-refractivity contribution in [2.45, 2.75) is 181 Å². The topological polar surface area (TPSA) is 78.9 Å². The van der Waals surface area contributed by atoms with Crippen LogP contribution in [0.2, 0.25) is 0 Å². The van der Waals surface area contributed by atoms with Crippen molar-refractivity contribution < 1.29 is 28.6 Å². The highest BCUT2D eigenvalue weighted by Gasteiger charge is 2.19. The van der Waals surface area contributed by atoms with Crippen LogP contribution >= 0.6 is 0 Å². The smallest absolute Gasteiger partial charge is 0.306 e. The molecule has 350 valence electrons. The molecule has 0 aromatic carbocycles. The predicted molar refractivity (Wildman–Crippen MR) is 269 cm³/mol. The molecule has 0 aromatic rings. The molecule has 0 radical (unpaired) electrons. The Hall–Kier alpha value is -4.71. The van der Waals surface area contributed by atoms with E-state index in [1.807, 2.05) is 12.2 Å². The van der Waals surface area contributed by atoms with Gasteiger partial charge in [0.05, 0.1) is 0 Å². The fourth-order valence-corrected chi connectivity index (χ4v) is 5.79. The summed E-state index contributed by atoms with van der Waals surface area (Å²) in [6.45, 7) is 6.14. The molecule has 6 heteroatoms. The van der Waals surface area contributed by atoms with E-state index in [1.54, 1.807) is 0 Å². The standard InChI is InChI=1S/C57H86O6/c1-4-7-10-13-16-19-22-25-26-27-28-29-30-33-35-38-41-44-47-50-56(59)62-53-54(63-57(60)51-48-45-42-39-36-32-24-21-18-15-12-9-6-3)52-61-55(58)49-46-43-40-37-34-31-23-20-17-14-11-8-5-2/h7-12,16-21,25-26,28-29,31-36,41,44,54H,4-6,13-15,22-24,27,30,37-40,42-43,45-53H2,1-3H3/b10-7-,11-8-,12-9-,19-16-,20-17-,21-18-,26-25-,29-28-,34-31-,35-33-,36-32-,44-41-. The summed E-state index contributed by atoms with van der Waals surface area (Å²) in [4.78, 5) is 37.9. The average Bonchev–Trinajstić information content (AvgIpc) is 3.28. The van der Waals surface area contributed by atoms with Crippen LogP contribution in [0.3, 0.4) is 0 Å². The van der Waals surface area contributed by atoms with E-state index in [0.717, 1.165) is 122 Å². The van der Waals surface area contributed by atoms with Crippen LogP contribution in [0.4, 0.5) is 0 Å². The molecule has 0 spiro atoms. The Kier molecular flexibility index (Phi) is 46.2. The molecule has 0 aliphatic rings. The van der Waals surface area contributed by atoms with Gasteiger partial charge in [0.1, 0.15) is 13.2 Å². The second-order valence-electron chi connectivity index (χ2n) is 15.2. The number of carbonyl (C=O) groups is 3. The van der Waals surface area contributed by atoms with Crippen LogP contribution in [0.5, 0.6) is 0 Å². The van der Waals surface area contributed by atoms with E-state index >= 15 is 0 Å². The van der Waals surface area contributed by atoms with Crippen molar-refractivity contribution in [3.05, 3.63) is 146 Å². The third kappa shape index (κ3) is 48.2. The largest absolute Gasteiger partial charge is 0.462 e. The number of allylic oxidation sites excluding steroid dienone is 24. The van der Waals surface area contributed by atoms with E-state index in [-0.39, 0.29) is 44.0 Å². The molecule has 0 rings (SSSR count). The van der Waals surface area contributed by atoms with Gasteiger partial charge in [-0.3, -0.25) is 14.4 Å². The van der Waals surface area contributed by atoms with E-state index in [9.17, 15) is 14.4 Å². The van der Waals surface area contributed by atoms with Crippen LogP contribution in [-0.4, -0.2) is 37.2 Å². The second kappa shape index (κ2) is 49.9. The maximum Gasteiger partial charge on any atom is 0.306 e. The lowest BCUT2D eigenvalue weighted by Crippen LogP contribution is -2.30. The van der Waals surface area contributed by atoms with Gasteiger partial charge in [0.15, 0.2) is 6.10 Å². The number of ether oxygens (including phenoxy) is 3. The van der Waals surface area contributed by atoms with Crippen LogP contribution in [0.25, 0.3) is 0 Å². The van der Waals surface area contributed by atoms with Gasteiger partial charge in [-0.1, -0.05) is 179 Å². The number of rotatable bonds is 41. The van der Waals surface area contributed by atoms with E-state index in [4.69, 9.17) is 14.2 Å². The molecule has 6 nitrogen and oxygen atoms in total. The fourth-order valence-electron chi connectivity index (χ4n) is 5.79. The van der Waals surface area contributed by atoms with Gasteiger partial charge in [0.25, 0.3) is 0 Å². The van der Waals surface area contributed by atoms with E-state index in [1.165, 1.54) is 0 Å². The van der Waals surface area contributed by atoms with Gasteiger partial charge in [-0.05, 0) is 122 Å². The Morgan fingerprint density at radius 2 is 0.603 bits per heavy atom. The van der Waals surface area contributed by atoms with E-state index < -0.39 is 6.10 Å². The van der Waals surface area contributed by atoms with Crippen LogP contribution in [0.15, 0.2) is 146 Å². The third-order valence-electron chi connectivity index (χ3n) is 9.33. The van der Waals surface area contributed by atoms with Crippen LogP contribution < -0.4 is 0 Å². The van der Waals surface area contributed by atoms with Crippen molar-refractivity contribution in [2.24, 2.45) is 0 Å². The Morgan fingerprint density at radius 1 is 0.317 bits per heavy atom. The molecule has 0 aliphatic carbocycles. The summed E-state index contributed by atoms with van der Waals surface area (Å²) < 4.78 is 16.6.